The number of aliphatic carboxylic acids is 1. The van der Waals surface area contributed by atoms with E-state index in [9.17, 15) is 9.90 Å². The van der Waals surface area contributed by atoms with Gasteiger partial charge in [0.1, 0.15) is 5.75 Å². The standard InChI is InChI=1S/C17H16N2O3/c1-22-14-7-8-15-13(9-14)11-18-19(15)16(10-17(20)21)12-5-3-2-4-6-12/h2-9,11,16H,10H2,1H3,(H,20,21). The van der Waals surface area contributed by atoms with Gasteiger partial charge in [-0.05, 0) is 23.8 Å². The maximum absolute atomic E-state index is 11.3. The number of aromatic nitrogens is 2. The van der Waals surface area contributed by atoms with Crippen molar-refractivity contribution in [3.05, 3.63) is 60.3 Å². The molecule has 0 aliphatic rings. The monoisotopic (exact) mass is 296 g/mol. The summed E-state index contributed by atoms with van der Waals surface area (Å²) in [5.41, 5.74) is 1.81. The van der Waals surface area contributed by atoms with Crippen LogP contribution in [0.15, 0.2) is 54.7 Å². The van der Waals surface area contributed by atoms with Gasteiger partial charge < -0.3 is 9.84 Å². The molecule has 1 unspecified atom stereocenters. The molecule has 2 aromatic carbocycles. The van der Waals surface area contributed by atoms with Crippen molar-refractivity contribution in [2.24, 2.45) is 0 Å². The molecule has 5 heteroatoms. The zero-order valence-electron chi connectivity index (χ0n) is 12.1. The predicted molar refractivity (Wildman–Crippen MR) is 83.1 cm³/mol. The van der Waals surface area contributed by atoms with Crippen LogP contribution in [0.1, 0.15) is 18.0 Å². The van der Waals surface area contributed by atoms with E-state index in [1.54, 1.807) is 18.0 Å². The Bertz CT molecular complexity index is 796. The van der Waals surface area contributed by atoms with Crippen molar-refractivity contribution in [2.45, 2.75) is 12.5 Å². The lowest BCUT2D eigenvalue weighted by atomic mass is 10.0. The lowest BCUT2D eigenvalue weighted by Crippen LogP contribution is -2.16. The van der Waals surface area contributed by atoms with Crippen LogP contribution in [0.3, 0.4) is 0 Å². The number of carboxylic acid groups (broad SMARTS) is 1. The highest BCUT2D eigenvalue weighted by molar-refractivity contribution is 5.80. The number of methoxy groups -OCH3 is 1. The molecule has 1 heterocycles. The van der Waals surface area contributed by atoms with Gasteiger partial charge >= 0.3 is 5.97 Å². The van der Waals surface area contributed by atoms with Gasteiger partial charge in [0.15, 0.2) is 0 Å². The average Bonchev–Trinajstić information content (AvgIpc) is 2.96. The minimum absolute atomic E-state index is 0.0210. The van der Waals surface area contributed by atoms with E-state index in [1.165, 1.54) is 0 Å². The minimum Gasteiger partial charge on any atom is -0.497 e. The molecule has 5 nitrogen and oxygen atoms in total. The Morgan fingerprint density at radius 2 is 2.05 bits per heavy atom. The molecule has 0 spiro atoms. The molecule has 1 N–H and O–H groups in total. The second-order valence-electron chi connectivity index (χ2n) is 5.04. The molecule has 0 amide bonds. The fourth-order valence-corrected chi connectivity index (χ4v) is 2.59. The summed E-state index contributed by atoms with van der Waals surface area (Å²) >= 11 is 0. The fourth-order valence-electron chi connectivity index (χ4n) is 2.59. The third-order valence-electron chi connectivity index (χ3n) is 3.65. The second kappa shape index (κ2) is 5.89. The van der Waals surface area contributed by atoms with Crippen molar-refractivity contribution in [2.75, 3.05) is 7.11 Å². The van der Waals surface area contributed by atoms with E-state index in [0.29, 0.717) is 0 Å². The Hall–Kier alpha value is -2.82. The van der Waals surface area contributed by atoms with Crippen LogP contribution < -0.4 is 4.74 Å². The number of carboxylic acids is 1. The Morgan fingerprint density at radius 1 is 1.27 bits per heavy atom. The maximum atomic E-state index is 11.3. The highest BCUT2D eigenvalue weighted by Gasteiger charge is 2.20. The topological polar surface area (TPSA) is 64.4 Å². The normalized spacial score (nSPS) is 12.2. The molecule has 112 valence electrons. The number of fused-ring (bicyclic) bond motifs is 1. The predicted octanol–water partition coefficient (Wildman–Crippen LogP) is 3.11. The summed E-state index contributed by atoms with van der Waals surface area (Å²) in [6, 6.07) is 14.9. The highest BCUT2D eigenvalue weighted by atomic mass is 16.5. The molecule has 0 radical (unpaired) electrons. The van der Waals surface area contributed by atoms with Gasteiger partial charge in [0.2, 0.25) is 0 Å². The zero-order chi connectivity index (χ0) is 15.5. The maximum Gasteiger partial charge on any atom is 0.305 e. The number of carbonyl (C=O) groups is 1. The molecule has 0 aliphatic heterocycles. The van der Waals surface area contributed by atoms with Crippen molar-refractivity contribution < 1.29 is 14.6 Å². The largest absolute Gasteiger partial charge is 0.497 e. The molecule has 0 saturated heterocycles. The van der Waals surface area contributed by atoms with Crippen LogP contribution in [0.5, 0.6) is 5.75 Å². The number of rotatable bonds is 5. The van der Waals surface area contributed by atoms with Crippen LogP contribution >= 0.6 is 0 Å². The first kappa shape index (κ1) is 14.1. The Balaban J connectivity index is 2.10. The van der Waals surface area contributed by atoms with Gasteiger partial charge in [-0.1, -0.05) is 30.3 Å². The number of ether oxygens (including phenoxy) is 1. The zero-order valence-corrected chi connectivity index (χ0v) is 12.1. The molecule has 0 bridgehead atoms. The van der Waals surface area contributed by atoms with Gasteiger partial charge in [0.05, 0.1) is 31.3 Å². The SMILES string of the molecule is COc1ccc2c(cnn2C(CC(=O)O)c2ccccc2)c1. The Labute approximate surface area is 127 Å². The van der Waals surface area contributed by atoms with Crippen molar-refractivity contribution in [3.63, 3.8) is 0 Å². The first-order valence-corrected chi connectivity index (χ1v) is 6.97. The molecule has 3 aromatic rings. The first-order chi connectivity index (χ1) is 10.7. The van der Waals surface area contributed by atoms with E-state index in [2.05, 4.69) is 5.10 Å². The summed E-state index contributed by atoms with van der Waals surface area (Å²) in [7, 11) is 1.61. The van der Waals surface area contributed by atoms with Gasteiger partial charge in [0, 0.05) is 5.39 Å². The number of nitrogens with zero attached hydrogens (tertiary/aromatic N) is 2. The molecule has 0 saturated carbocycles. The molecule has 1 atom stereocenters. The van der Waals surface area contributed by atoms with Gasteiger partial charge in [0.25, 0.3) is 0 Å². The molecule has 1 aromatic heterocycles. The van der Waals surface area contributed by atoms with Crippen LogP contribution in [-0.4, -0.2) is 28.0 Å². The van der Waals surface area contributed by atoms with E-state index in [1.807, 2.05) is 48.5 Å². The van der Waals surface area contributed by atoms with Crippen molar-refractivity contribution in [1.29, 1.82) is 0 Å². The van der Waals surface area contributed by atoms with Gasteiger partial charge in [-0.25, -0.2) is 0 Å². The number of hydrogen-bond donors (Lipinski definition) is 1. The quantitative estimate of drug-likeness (QED) is 0.785. The summed E-state index contributed by atoms with van der Waals surface area (Å²) in [5, 5.41) is 14.6. The van der Waals surface area contributed by atoms with Crippen LogP contribution in [0.4, 0.5) is 0 Å². The average molecular weight is 296 g/mol. The summed E-state index contributed by atoms with van der Waals surface area (Å²) in [6.45, 7) is 0. The van der Waals surface area contributed by atoms with E-state index in [0.717, 1.165) is 22.2 Å². The van der Waals surface area contributed by atoms with Crippen LogP contribution in [0.2, 0.25) is 0 Å². The lowest BCUT2D eigenvalue weighted by Gasteiger charge is -2.17. The van der Waals surface area contributed by atoms with Gasteiger partial charge in [-0.2, -0.15) is 5.10 Å². The lowest BCUT2D eigenvalue weighted by molar-refractivity contribution is -0.137. The summed E-state index contributed by atoms with van der Waals surface area (Å²) < 4.78 is 6.97. The summed E-state index contributed by atoms with van der Waals surface area (Å²) in [6.07, 6.45) is 1.71. The van der Waals surface area contributed by atoms with Crippen molar-refractivity contribution >= 4 is 16.9 Å². The summed E-state index contributed by atoms with van der Waals surface area (Å²) in [4.78, 5) is 11.3. The van der Waals surface area contributed by atoms with Gasteiger partial charge in [-0.3, -0.25) is 9.48 Å². The smallest absolute Gasteiger partial charge is 0.305 e. The highest BCUT2D eigenvalue weighted by Crippen LogP contribution is 2.28. The fraction of sp³-hybridized carbons (Fsp3) is 0.176. The number of benzene rings is 2. The van der Waals surface area contributed by atoms with E-state index in [-0.39, 0.29) is 12.5 Å². The second-order valence-corrected chi connectivity index (χ2v) is 5.04. The van der Waals surface area contributed by atoms with E-state index >= 15 is 0 Å². The van der Waals surface area contributed by atoms with Gasteiger partial charge in [-0.15, -0.1) is 0 Å². The summed E-state index contributed by atoms with van der Waals surface area (Å²) in [5.74, 6) is -0.104. The van der Waals surface area contributed by atoms with E-state index in [4.69, 9.17) is 4.74 Å². The minimum atomic E-state index is -0.856. The van der Waals surface area contributed by atoms with Crippen LogP contribution in [0.25, 0.3) is 10.9 Å². The molecular formula is C17H16N2O3. The molecule has 22 heavy (non-hydrogen) atoms. The van der Waals surface area contributed by atoms with E-state index < -0.39 is 5.97 Å². The third kappa shape index (κ3) is 2.65. The molecule has 0 fully saturated rings. The third-order valence-corrected chi connectivity index (χ3v) is 3.65. The van der Waals surface area contributed by atoms with Crippen molar-refractivity contribution in [1.82, 2.24) is 9.78 Å². The first-order valence-electron chi connectivity index (χ1n) is 6.97. The Morgan fingerprint density at radius 3 is 2.73 bits per heavy atom. The molecule has 0 aliphatic carbocycles. The molecule has 3 rings (SSSR count). The van der Waals surface area contributed by atoms with Crippen LogP contribution in [-0.2, 0) is 4.79 Å². The van der Waals surface area contributed by atoms with Crippen molar-refractivity contribution in [3.8, 4) is 5.75 Å². The number of hydrogen-bond acceptors (Lipinski definition) is 3. The Kier molecular flexibility index (Phi) is 3.78. The van der Waals surface area contributed by atoms with Crippen LogP contribution in [0, 0.1) is 0 Å². The molecular weight excluding hydrogens is 280 g/mol.